The van der Waals surface area contributed by atoms with Crippen molar-refractivity contribution in [3.63, 3.8) is 0 Å². The topological polar surface area (TPSA) is 52.3 Å². The molecule has 0 saturated heterocycles. The molecule has 0 amide bonds. The predicted molar refractivity (Wildman–Crippen MR) is 59.9 cm³/mol. The van der Waals surface area contributed by atoms with E-state index in [2.05, 4.69) is 0 Å². The van der Waals surface area contributed by atoms with Crippen LogP contribution in [0.4, 0.5) is 0 Å². The molecule has 0 saturated carbocycles. The molecule has 0 aliphatic rings. The maximum atomic E-state index is 11.5. The summed E-state index contributed by atoms with van der Waals surface area (Å²) >= 11 is 0. The van der Waals surface area contributed by atoms with Crippen LogP contribution in [0.3, 0.4) is 0 Å². The van der Waals surface area contributed by atoms with Gasteiger partial charge in [0.2, 0.25) is 0 Å². The second-order valence-corrected chi connectivity index (χ2v) is 3.40. The van der Waals surface area contributed by atoms with Crippen LogP contribution in [0.2, 0.25) is 0 Å². The number of hydrogen-bond acceptors (Lipinski definition) is 3. The Morgan fingerprint density at radius 3 is 2.80 bits per heavy atom. The normalized spacial score (nSPS) is 10.1. The summed E-state index contributed by atoms with van der Waals surface area (Å²) in [4.78, 5) is 11.5. The second-order valence-electron chi connectivity index (χ2n) is 3.40. The minimum Gasteiger partial charge on any atom is -0.462 e. The van der Waals surface area contributed by atoms with E-state index in [1.165, 1.54) is 0 Å². The monoisotopic (exact) mass is 207 g/mol. The van der Waals surface area contributed by atoms with Gasteiger partial charge in [-0.15, -0.1) is 0 Å². The Morgan fingerprint density at radius 1 is 1.47 bits per heavy atom. The van der Waals surface area contributed by atoms with E-state index in [1.807, 2.05) is 19.1 Å². The highest BCUT2D eigenvalue weighted by molar-refractivity contribution is 5.89. The number of aryl methyl sites for hydroxylation is 1. The number of nitrogens with two attached hydrogens (primary N) is 1. The fraction of sp³-hybridized carbons (Fsp3) is 0.417. The van der Waals surface area contributed by atoms with Crippen molar-refractivity contribution < 1.29 is 9.53 Å². The summed E-state index contributed by atoms with van der Waals surface area (Å²) in [7, 11) is 0. The molecule has 0 aliphatic carbocycles. The number of rotatable bonds is 4. The predicted octanol–water partition coefficient (Wildman–Crippen LogP) is 1.67. The highest BCUT2D eigenvalue weighted by Gasteiger charge is 2.08. The molecular formula is C12H17NO2. The molecular weight excluding hydrogens is 190 g/mol. The maximum absolute atomic E-state index is 11.5. The van der Waals surface area contributed by atoms with Crippen LogP contribution >= 0.6 is 0 Å². The standard InChI is InChI=1S/C12H17NO2/c1-3-15-12(14)11-5-4-9(2)10(8-11)6-7-13/h4-5,8H,3,6-7,13H2,1-2H3. The van der Waals surface area contributed by atoms with Crippen LogP contribution in [0.5, 0.6) is 0 Å². The summed E-state index contributed by atoms with van der Waals surface area (Å²) in [6, 6.07) is 5.57. The fourth-order valence-corrected chi connectivity index (χ4v) is 1.44. The van der Waals surface area contributed by atoms with Crippen molar-refractivity contribution in [2.45, 2.75) is 20.3 Å². The van der Waals surface area contributed by atoms with Gasteiger partial charge in [-0.3, -0.25) is 0 Å². The van der Waals surface area contributed by atoms with Gasteiger partial charge in [-0.25, -0.2) is 4.79 Å². The number of ether oxygens (including phenoxy) is 1. The Morgan fingerprint density at radius 2 is 2.20 bits per heavy atom. The largest absolute Gasteiger partial charge is 0.462 e. The lowest BCUT2D eigenvalue weighted by molar-refractivity contribution is 0.0526. The number of benzene rings is 1. The smallest absolute Gasteiger partial charge is 0.338 e. The molecule has 15 heavy (non-hydrogen) atoms. The van der Waals surface area contributed by atoms with E-state index >= 15 is 0 Å². The van der Waals surface area contributed by atoms with Gasteiger partial charge >= 0.3 is 5.97 Å². The Labute approximate surface area is 90.2 Å². The van der Waals surface area contributed by atoms with Gasteiger partial charge in [0.15, 0.2) is 0 Å². The first-order valence-electron chi connectivity index (χ1n) is 5.15. The van der Waals surface area contributed by atoms with Crippen LogP contribution in [0.15, 0.2) is 18.2 Å². The SMILES string of the molecule is CCOC(=O)c1ccc(C)c(CCN)c1. The summed E-state index contributed by atoms with van der Waals surface area (Å²) in [5, 5.41) is 0. The molecule has 2 N–H and O–H groups in total. The van der Waals surface area contributed by atoms with E-state index in [4.69, 9.17) is 10.5 Å². The number of esters is 1. The van der Waals surface area contributed by atoms with E-state index in [1.54, 1.807) is 13.0 Å². The number of carbonyl (C=O) groups is 1. The Balaban J connectivity index is 2.91. The third-order valence-corrected chi connectivity index (χ3v) is 2.27. The molecule has 0 fully saturated rings. The van der Waals surface area contributed by atoms with Crippen molar-refractivity contribution in [3.8, 4) is 0 Å². The molecule has 1 aromatic carbocycles. The molecule has 0 radical (unpaired) electrons. The van der Waals surface area contributed by atoms with Crippen molar-refractivity contribution in [1.82, 2.24) is 0 Å². The average molecular weight is 207 g/mol. The molecule has 1 rings (SSSR count). The molecule has 0 spiro atoms. The summed E-state index contributed by atoms with van der Waals surface area (Å²) in [6.07, 6.45) is 0.791. The fourth-order valence-electron chi connectivity index (χ4n) is 1.44. The van der Waals surface area contributed by atoms with E-state index in [0.717, 1.165) is 17.5 Å². The third kappa shape index (κ3) is 3.06. The molecule has 82 valence electrons. The van der Waals surface area contributed by atoms with Crippen molar-refractivity contribution in [1.29, 1.82) is 0 Å². The zero-order valence-electron chi connectivity index (χ0n) is 9.25. The van der Waals surface area contributed by atoms with E-state index in [9.17, 15) is 4.79 Å². The van der Waals surface area contributed by atoms with Crippen molar-refractivity contribution in [2.75, 3.05) is 13.2 Å². The Kier molecular flexibility index (Phi) is 4.31. The summed E-state index contributed by atoms with van der Waals surface area (Å²) in [5.41, 5.74) is 8.38. The van der Waals surface area contributed by atoms with Gasteiger partial charge in [0.05, 0.1) is 12.2 Å². The molecule has 3 nitrogen and oxygen atoms in total. The van der Waals surface area contributed by atoms with E-state index in [0.29, 0.717) is 18.7 Å². The quantitative estimate of drug-likeness (QED) is 0.764. The Bertz CT molecular complexity index is 347. The zero-order chi connectivity index (χ0) is 11.3. The van der Waals surface area contributed by atoms with Gasteiger partial charge in [-0.1, -0.05) is 6.07 Å². The first kappa shape index (κ1) is 11.7. The second kappa shape index (κ2) is 5.51. The molecule has 0 atom stereocenters. The van der Waals surface area contributed by atoms with Crippen molar-refractivity contribution in [2.24, 2.45) is 5.73 Å². The molecule has 0 aliphatic heterocycles. The number of carbonyl (C=O) groups excluding carboxylic acids is 1. The minimum absolute atomic E-state index is 0.268. The van der Waals surface area contributed by atoms with Gasteiger partial charge in [0.1, 0.15) is 0 Å². The minimum atomic E-state index is -0.268. The van der Waals surface area contributed by atoms with Gasteiger partial charge in [-0.05, 0) is 50.1 Å². The highest BCUT2D eigenvalue weighted by Crippen LogP contribution is 2.12. The summed E-state index contributed by atoms with van der Waals surface area (Å²) < 4.78 is 4.93. The molecule has 1 aromatic rings. The highest BCUT2D eigenvalue weighted by atomic mass is 16.5. The molecule has 0 heterocycles. The van der Waals surface area contributed by atoms with Crippen LogP contribution in [-0.2, 0) is 11.2 Å². The van der Waals surface area contributed by atoms with Crippen LogP contribution in [-0.4, -0.2) is 19.1 Å². The molecule has 0 aromatic heterocycles. The van der Waals surface area contributed by atoms with Crippen LogP contribution in [0, 0.1) is 6.92 Å². The van der Waals surface area contributed by atoms with Gasteiger partial charge in [0.25, 0.3) is 0 Å². The molecule has 0 bridgehead atoms. The van der Waals surface area contributed by atoms with Crippen LogP contribution in [0.1, 0.15) is 28.4 Å². The lowest BCUT2D eigenvalue weighted by Gasteiger charge is -2.07. The van der Waals surface area contributed by atoms with Gasteiger partial charge < -0.3 is 10.5 Å². The van der Waals surface area contributed by atoms with E-state index < -0.39 is 0 Å². The van der Waals surface area contributed by atoms with E-state index in [-0.39, 0.29) is 5.97 Å². The first-order valence-corrected chi connectivity index (χ1v) is 5.15. The van der Waals surface area contributed by atoms with Crippen molar-refractivity contribution in [3.05, 3.63) is 34.9 Å². The van der Waals surface area contributed by atoms with Crippen molar-refractivity contribution >= 4 is 5.97 Å². The first-order chi connectivity index (χ1) is 7.19. The maximum Gasteiger partial charge on any atom is 0.338 e. The lowest BCUT2D eigenvalue weighted by Crippen LogP contribution is -2.08. The van der Waals surface area contributed by atoms with Crippen LogP contribution in [0.25, 0.3) is 0 Å². The molecule has 3 heteroatoms. The summed E-state index contributed by atoms with van der Waals surface area (Å²) in [5.74, 6) is -0.268. The number of hydrogen-bond donors (Lipinski definition) is 1. The summed E-state index contributed by atoms with van der Waals surface area (Å²) in [6.45, 7) is 4.80. The van der Waals surface area contributed by atoms with Crippen LogP contribution < -0.4 is 5.73 Å². The van der Waals surface area contributed by atoms with Gasteiger partial charge in [0, 0.05) is 0 Å². The zero-order valence-corrected chi connectivity index (χ0v) is 9.25. The third-order valence-electron chi connectivity index (χ3n) is 2.27. The Hall–Kier alpha value is -1.35. The average Bonchev–Trinajstić information content (AvgIpc) is 2.22. The van der Waals surface area contributed by atoms with Gasteiger partial charge in [-0.2, -0.15) is 0 Å². The molecule has 0 unspecified atom stereocenters. The lowest BCUT2D eigenvalue weighted by atomic mass is 10.0.